The number of aliphatic imine (C=N–C) groups is 2. The first-order valence-corrected chi connectivity index (χ1v) is 4.20. The zero-order valence-electron chi connectivity index (χ0n) is 8.63. The highest BCUT2D eigenvalue weighted by Gasteiger charge is 2.16. The molecule has 12 heavy (non-hydrogen) atoms. The molecule has 2 nitrogen and oxygen atoms in total. The van der Waals surface area contributed by atoms with Crippen LogP contribution in [-0.4, -0.2) is 12.1 Å². The molecule has 0 aliphatic carbocycles. The number of rotatable bonds is 1. The lowest BCUT2D eigenvalue weighted by molar-refractivity contribution is 0.585. The van der Waals surface area contributed by atoms with Gasteiger partial charge < -0.3 is 0 Å². The average molecular weight is 166 g/mol. The maximum absolute atomic E-state index is 4.24. The van der Waals surface area contributed by atoms with Crippen LogP contribution in [0, 0.1) is 5.41 Å². The molecule has 0 amide bonds. The second-order valence-corrected chi connectivity index (χ2v) is 3.57. The molecule has 68 valence electrons. The van der Waals surface area contributed by atoms with Crippen LogP contribution in [0.25, 0.3) is 0 Å². The maximum atomic E-state index is 4.24. The molecular formula is C10H18N2. The Balaban J connectivity index is 4.67. The Morgan fingerprint density at radius 3 is 2.08 bits per heavy atom. The second-order valence-electron chi connectivity index (χ2n) is 3.57. The lowest BCUT2D eigenvalue weighted by Gasteiger charge is -2.16. The van der Waals surface area contributed by atoms with Gasteiger partial charge in [-0.05, 0) is 13.8 Å². The minimum Gasteiger partial charge on any atom is -0.246 e. The monoisotopic (exact) mass is 166 g/mol. The summed E-state index contributed by atoms with van der Waals surface area (Å²) >= 11 is 0. The van der Waals surface area contributed by atoms with Crippen molar-refractivity contribution in [2.75, 3.05) is 0 Å². The van der Waals surface area contributed by atoms with Gasteiger partial charge in [0.15, 0.2) is 0 Å². The highest BCUT2D eigenvalue weighted by Crippen LogP contribution is 2.16. The Bertz CT molecular complexity index is 204. The van der Waals surface area contributed by atoms with Crippen molar-refractivity contribution in [1.29, 1.82) is 0 Å². The zero-order valence-corrected chi connectivity index (χ0v) is 8.63. The van der Waals surface area contributed by atoms with Gasteiger partial charge >= 0.3 is 0 Å². The fourth-order valence-corrected chi connectivity index (χ4v) is 0.688. The first kappa shape index (κ1) is 11.1. The van der Waals surface area contributed by atoms with Gasteiger partial charge in [-0.3, -0.25) is 0 Å². The maximum Gasteiger partial charge on any atom is 0.133 e. The molecule has 0 aromatic rings. The van der Waals surface area contributed by atoms with Gasteiger partial charge in [0.05, 0.1) is 0 Å². The fraction of sp³-hybridized carbons (Fsp3) is 0.600. The van der Waals surface area contributed by atoms with Crippen LogP contribution in [0.15, 0.2) is 22.3 Å². The topological polar surface area (TPSA) is 24.7 Å². The lowest BCUT2D eigenvalue weighted by Crippen LogP contribution is -2.17. The molecule has 2 heteroatoms. The molecule has 0 saturated carbocycles. The summed E-state index contributed by atoms with van der Waals surface area (Å²) in [5, 5.41) is 0. The van der Waals surface area contributed by atoms with Crippen molar-refractivity contribution in [2.24, 2.45) is 15.4 Å². The van der Waals surface area contributed by atoms with Crippen LogP contribution in [0.3, 0.4) is 0 Å². The minimum atomic E-state index is 0.0199. The molecule has 0 rings (SSSR count). The largest absolute Gasteiger partial charge is 0.246 e. The molecule has 0 radical (unpaired) electrons. The number of amidine groups is 1. The van der Waals surface area contributed by atoms with E-state index >= 15 is 0 Å². The van der Waals surface area contributed by atoms with Gasteiger partial charge in [0.2, 0.25) is 0 Å². The normalized spacial score (nSPS) is 14.9. The third-order valence-corrected chi connectivity index (χ3v) is 1.27. The van der Waals surface area contributed by atoms with Crippen LogP contribution in [0.4, 0.5) is 0 Å². The van der Waals surface area contributed by atoms with Gasteiger partial charge in [-0.2, -0.15) is 0 Å². The van der Waals surface area contributed by atoms with Crippen LogP contribution in [0.5, 0.6) is 0 Å². The van der Waals surface area contributed by atoms with Crippen molar-refractivity contribution >= 4 is 12.1 Å². The number of hydrogen-bond donors (Lipinski definition) is 0. The van der Waals surface area contributed by atoms with E-state index in [2.05, 4.69) is 30.8 Å². The fourth-order valence-electron chi connectivity index (χ4n) is 0.688. The van der Waals surface area contributed by atoms with Crippen LogP contribution in [0.2, 0.25) is 0 Å². The minimum absolute atomic E-state index is 0.0199. The Morgan fingerprint density at radius 2 is 1.75 bits per heavy atom. The third-order valence-electron chi connectivity index (χ3n) is 1.27. The molecule has 0 aliphatic rings. The Morgan fingerprint density at radius 1 is 1.17 bits per heavy atom. The SMILES string of the molecule is C\C=C/N=C(\N=C/C)C(C)(C)C. The summed E-state index contributed by atoms with van der Waals surface area (Å²) in [6, 6.07) is 0. The van der Waals surface area contributed by atoms with Crippen molar-refractivity contribution in [2.45, 2.75) is 34.6 Å². The smallest absolute Gasteiger partial charge is 0.133 e. The van der Waals surface area contributed by atoms with Crippen molar-refractivity contribution in [3.05, 3.63) is 12.3 Å². The summed E-state index contributed by atoms with van der Waals surface area (Å²) in [6.07, 6.45) is 5.44. The molecule has 0 spiro atoms. The molecule has 0 aliphatic heterocycles. The number of nitrogens with zero attached hydrogens (tertiary/aromatic N) is 2. The van der Waals surface area contributed by atoms with Crippen LogP contribution in [0.1, 0.15) is 34.6 Å². The van der Waals surface area contributed by atoms with E-state index in [4.69, 9.17) is 0 Å². The number of allylic oxidation sites excluding steroid dienone is 1. The van der Waals surface area contributed by atoms with E-state index < -0.39 is 0 Å². The van der Waals surface area contributed by atoms with Gasteiger partial charge in [0, 0.05) is 17.8 Å². The molecule has 0 bridgehead atoms. The van der Waals surface area contributed by atoms with Gasteiger partial charge in [-0.1, -0.05) is 26.8 Å². The van der Waals surface area contributed by atoms with Gasteiger partial charge in [-0.15, -0.1) is 0 Å². The zero-order chi connectivity index (χ0) is 9.61. The Hall–Kier alpha value is -0.920. The molecule has 0 unspecified atom stereocenters. The lowest BCUT2D eigenvalue weighted by atomic mass is 9.95. The third kappa shape index (κ3) is 4.06. The average Bonchev–Trinajstić information content (AvgIpc) is 1.95. The number of hydrogen-bond acceptors (Lipinski definition) is 1. The Kier molecular flexibility index (Phi) is 4.49. The van der Waals surface area contributed by atoms with Gasteiger partial charge in [0.25, 0.3) is 0 Å². The quantitative estimate of drug-likeness (QED) is 0.422. The van der Waals surface area contributed by atoms with Crippen molar-refractivity contribution < 1.29 is 0 Å². The van der Waals surface area contributed by atoms with E-state index in [-0.39, 0.29) is 5.41 Å². The standard InChI is InChI=1S/C10H18N2/c1-6-8-12-9(11-7-2)10(3,4)5/h6-8H,1-5H3/b8-6-,11-7-,12-9-. The highest BCUT2D eigenvalue weighted by molar-refractivity contribution is 5.93. The van der Waals surface area contributed by atoms with Gasteiger partial charge in [0.1, 0.15) is 5.84 Å². The van der Waals surface area contributed by atoms with Gasteiger partial charge in [-0.25, -0.2) is 9.98 Å². The summed E-state index contributed by atoms with van der Waals surface area (Å²) in [7, 11) is 0. The molecule has 0 heterocycles. The summed E-state index contributed by atoms with van der Waals surface area (Å²) in [6.45, 7) is 10.1. The molecule has 0 saturated heterocycles. The predicted octanol–water partition coefficient (Wildman–Crippen LogP) is 3.06. The summed E-state index contributed by atoms with van der Waals surface area (Å²) in [4.78, 5) is 8.45. The van der Waals surface area contributed by atoms with Crippen LogP contribution < -0.4 is 0 Å². The van der Waals surface area contributed by atoms with E-state index in [0.29, 0.717) is 0 Å². The van der Waals surface area contributed by atoms with E-state index in [1.54, 1.807) is 12.4 Å². The predicted molar refractivity (Wildman–Crippen MR) is 55.9 cm³/mol. The van der Waals surface area contributed by atoms with Crippen molar-refractivity contribution in [3.63, 3.8) is 0 Å². The summed E-state index contributed by atoms with van der Waals surface area (Å²) in [5.74, 6) is 0.864. The first-order valence-electron chi connectivity index (χ1n) is 4.20. The molecule has 0 aromatic heterocycles. The molecule has 0 aromatic carbocycles. The van der Waals surface area contributed by atoms with Crippen molar-refractivity contribution in [3.8, 4) is 0 Å². The van der Waals surface area contributed by atoms with Crippen LogP contribution in [-0.2, 0) is 0 Å². The first-order chi connectivity index (χ1) is 5.52. The van der Waals surface area contributed by atoms with E-state index in [0.717, 1.165) is 5.84 Å². The van der Waals surface area contributed by atoms with E-state index in [9.17, 15) is 0 Å². The molecule has 0 atom stereocenters. The van der Waals surface area contributed by atoms with Crippen LogP contribution >= 0.6 is 0 Å². The summed E-state index contributed by atoms with van der Waals surface area (Å²) in [5.41, 5.74) is 0.0199. The molecular weight excluding hydrogens is 148 g/mol. The van der Waals surface area contributed by atoms with E-state index in [1.165, 1.54) is 0 Å². The highest BCUT2D eigenvalue weighted by atomic mass is 14.9. The van der Waals surface area contributed by atoms with Crippen molar-refractivity contribution in [1.82, 2.24) is 0 Å². The van der Waals surface area contributed by atoms with E-state index in [1.807, 2.05) is 19.9 Å². The summed E-state index contributed by atoms with van der Waals surface area (Å²) < 4.78 is 0. The second kappa shape index (κ2) is 4.86. The molecule has 0 N–H and O–H groups in total. The molecule has 0 fully saturated rings. The Labute approximate surface area is 75.1 Å².